The molecule has 6 heteroatoms. The highest BCUT2D eigenvalue weighted by Gasteiger charge is 2.07. The second-order valence-electron chi connectivity index (χ2n) is 4.65. The molecule has 0 atom stereocenters. The van der Waals surface area contributed by atoms with Gasteiger partial charge in [-0.2, -0.15) is 5.10 Å². The van der Waals surface area contributed by atoms with Crippen molar-refractivity contribution in [2.75, 3.05) is 7.11 Å². The summed E-state index contributed by atoms with van der Waals surface area (Å²) in [6.07, 6.45) is 1.82. The van der Waals surface area contributed by atoms with Gasteiger partial charge in [-0.3, -0.25) is 10.1 Å². The lowest BCUT2D eigenvalue weighted by Crippen LogP contribution is -1.95. The van der Waals surface area contributed by atoms with Gasteiger partial charge in [-0.25, -0.2) is 4.68 Å². The van der Waals surface area contributed by atoms with Crippen LogP contribution in [0.2, 0.25) is 0 Å². The SMILES string of the molecule is COc1ccc(-c2ccn(-c3ccc([N+](=O)[O-])cc3)n2)cc1. The van der Waals surface area contributed by atoms with E-state index in [4.69, 9.17) is 4.74 Å². The van der Waals surface area contributed by atoms with Crippen molar-refractivity contribution in [2.24, 2.45) is 0 Å². The van der Waals surface area contributed by atoms with Gasteiger partial charge < -0.3 is 4.74 Å². The van der Waals surface area contributed by atoms with Crippen LogP contribution in [0.4, 0.5) is 5.69 Å². The Bertz CT molecular complexity index is 792. The predicted octanol–water partition coefficient (Wildman–Crippen LogP) is 3.46. The van der Waals surface area contributed by atoms with Crippen LogP contribution in [0.15, 0.2) is 60.8 Å². The molecule has 0 amide bonds. The maximum atomic E-state index is 10.7. The van der Waals surface area contributed by atoms with E-state index in [1.54, 1.807) is 23.9 Å². The first-order valence-electron chi connectivity index (χ1n) is 6.62. The van der Waals surface area contributed by atoms with E-state index in [0.29, 0.717) is 0 Å². The third-order valence-electron chi connectivity index (χ3n) is 3.30. The molecule has 0 aliphatic heterocycles. The first-order chi connectivity index (χ1) is 10.7. The van der Waals surface area contributed by atoms with Crippen molar-refractivity contribution >= 4 is 5.69 Å². The van der Waals surface area contributed by atoms with Gasteiger partial charge in [0.1, 0.15) is 5.75 Å². The number of methoxy groups -OCH3 is 1. The zero-order valence-electron chi connectivity index (χ0n) is 11.8. The van der Waals surface area contributed by atoms with Gasteiger partial charge in [0.05, 0.1) is 23.4 Å². The summed E-state index contributed by atoms with van der Waals surface area (Å²) in [4.78, 5) is 10.2. The zero-order valence-corrected chi connectivity index (χ0v) is 11.8. The molecule has 6 nitrogen and oxygen atoms in total. The van der Waals surface area contributed by atoms with Crippen LogP contribution < -0.4 is 4.74 Å². The lowest BCUT2D eigenvalue weighted by Gasteiger charge is -2.02. The zero-order chi connectivity index (χ0) is 15.5. The summed E-state index contributed by atoms with van der Waals surface area (Å²) >= 11 is 0. The summed E-state index contributed by atoms with van der Waals surface area (Å²) in [5.41, 5.74) is 2.62. The van der Waals surface area contributed by atoms with Crippen LogP contribution in [0.5, 0.6) is 5.75 Å². The average Bonchev–Trinajstić information content (AvgIpc) is 3.05. The standard InChI is InChI=1S/C16H13N3O3/c1-22-15-8-2-12(3-9-15)16-10-11-18(17-16)13-4-6-14(7-5-13)19(20)21/h2-11H,1H3. The normalized spacial score (nSPS) is 10.4. The van der Waals surface area contributed by atoms with E-state index in [-0.39, 0.29) is 5.69 Å². The van der Waals surface area contributed by atoms with Gasteiger partial charge in [0, 0.05) is 23.9 Å². The average molecular weight is 295 g/mol. The van der Waals surface area contributed by atoms with Gasteiger partial charge in [-0.05, 0) is 42.5 Å². The number of nitro groups is 1. The topological polar surface area (TPSA) is 70.2 Å². The Morgan fingerprint density at radius 3 is 2.32 bits per heavy atom. The van der Waals surface area contributed by atoms with Gasteiger partial charge in [0.25, 0.3) is 5.69 Å². The van der Waals surface area contributed by atoms with Crippen molar-refractivity contribution in [2.45, 2.75) is 0 Å². The number of non-ortho nitro benzene ring substituents is 1. The molecule has 0 aliphatic rings. The summed E-state index contributed by atoms with van der Waals surface area (Å²) in [7, 11) is 1.62. The molecule has 110 valence electrons. The van der Waals surface area contributed by atoms with Crippen LogP contribution in [0.3, 0.4) is 0 Å². The lowest BCUT2D eigenvalue weighted by molar-refractivity contribution is -0.384. The minimum absolute atomic E-state index is 0.0614. The fraction of sp³-hybridized carbons (Fsp3) is 0.0625. The number of rotatable bonds is 4. The van der Waals surface area contributed by atoms with E-state index in [1.807, 2.05) is 36.5 Å². The van der Waals surface area contributed by atoms with Crippen LogP contribution in [-0.2, 0) is 0 Å². The molecule has 0 radical (unpaired) electrons. The molecule has 0 N–H and O–H groups in total. The molecule has 0 fully saturated rings. The molecule has 0 spiro atoms. The van der Waals surface area contributed by atoms with Crippen molar-refractivity contribution in [3.05, 3.63) is 70.9 Å². The molecule has 0 saturated carbocycles. The molecular weight excluding hydrogens is 282 g/mol. The van der Waals surface area contributed by atoms with Gasteiger partial charge in [-0.1, -0.05) is 0 Å². The Kier molecular flexibility index (Phi) is 3.57. The number of hydrogen-bond donors (Lipinski definition) is 0. The predicted molar refractivity (Wildman–Crippen MR) is 82.2 cm³/mol. The Morgan fingerprint density at radius 1 is 1.05 bits per heavy atom. The van der Waals surface area contributed by atoms with Gasteiger partial charge >= 0.3 is 0 Å². The van der Waals surface area contributed by atoms with Crippen LogP contribution in [0, 0.1) is 10.1 Å². The van der Waals surface area contributed by atoms with Crippen LogP contribution in [0.25, 0.3) is 16.9 Å². The molecule has 3 aromatic rings. The highest BCUT2D eigenvalue weighted by molar-refractivity contribution is 5.60. The molecule has 0 aliphatic carbocycles. The van der Waals surface area contributed by atoms with Crippen molar-refractivity contribution in [3.63, 3.8) is 0 Å². The Hall–Kier alpha value is -3.15. The maximum Gasteiger partial charge on any atom is 0.269 e. The van der Waals surface area contributed by atoms with Crippen LogP contribution >= 0.6 is 0 Å². The molecule has 3 rings (SSSR count). The molecule has 1 heterocycles. The van der Waals surface area contributed by atoms with E-state index in [9.17, 15) is 10.1 Å². The smallest absolute Gasteiger partial charge is 0.269 e. The Balaban J connectivity index is 1.87. The van der Waals surface area contributed by atoms with Gasteiger partial charge in [0.2, 0.25) is 0 Å². The van der Waals surface area contributed by atoms with E-state index in [1.165, 1.54) is 12.1 Å². The van der Waals surface area contributed by atoms with Crippen molar-refractivity contribution < 1.29 is 9.66 Å². The summed E-state index contributed by atoms with van der Waals surface area (Å²) in [5, 5.41) is 15.1. The third-order valence-corrected chi connectivity index (χ3v) is 3.30. The minimum Gasteiger partial charge on any atom is -0.497 e. The minimum atomic E-state index is -0.421. The number of nitrogens with zero attached hydrogens (tertiary/aromatic N) is 3. The largest absolute Gasteiger partial charge is 0.497 e. The van der Waals surface area contributed by atoms with E-state index < -0.39 is 4.92 Å². The molecule has 0 bridgehead atoms. The van der Waals surface area contributed by atoms with Crippen LogP contribution in [-0.4, -0.2) is 21.8 Å². The third kappa shape index (κ3) is 2.67. The summed E-state index contributed by atoms with van der Waals surface area (Å²) < 4.78 is 6.81. The monoisotopic (exact) mass is 295 g/mol. The summed E-state index contributed by atoms with van der Waals surface area (Å²) in [6.45, 7) is 0. The number of ether oxygens (including phenoxy) is 1. The van der Waals surface area contributed by atoms with E-state index in [2.05, 4.69) is 5.10 Å². The van der Waals surface area contributed by atoms with Gasteiger partial charge in [0.15, 0.2) is 0 Å². The van der Waals surface area contributed by atoms with Crippen LogP contribution in [0.1, 0.15) is 0 Å². The highest BCUT2D eigenvalue weighted by Crippen LogP contribution is 2.22. The first kappa shape index (κ1) is 13.8. The fourth-order valence-electron chi connectivity index (χ4n) is 2.11. The second kappa shape index (κ2) is 5.69. The molecule has 1 aromatic heterocycles. The summed E-state index contributed by atoms with van der Waals surface area (Å²) in [6, 6.07) is 15.8. The number of hydrogen-bond acceptors (Lipinski definition) is 4. The summed E-state index contributed by atoms with van der Waals surface area (Å²) in [5.74, 6) is 0.790. The quantitative estimate of drug-likeness (QED) is 0.546. The number of nitro benzene ring substituents is 1. The highest BCUT2D eigenvalue weighted by atomic mass is 16.6. The van der Waals surface area contributed by atoms with E-state index in [0.717, 1.165) is 22.7 Å². The molecule has 2 aromatic carbocycles. The first-order valence-corrected chi connectivity index (χ1v) is 6.62. The molecular formula is C16H13N3O3. The van der Waals surface area contributed by atoms with E-state index >= 15 is 0 Å². The Labute approximate surface area is 126 Å². The van der Waals surface area contributed by atoms with Gasteiger partial charge in [-0.15, -0.1) is 0 Å². The molecule has 0 saturated heterocycles. The second-order valence-corrected chi connectivity index (χ2v) is 4.65. The maximum absolute atomic E-state index is 10.7. The van der Waals surface area contributed by atoms with Crippen molar-refractivity contribution in [1.29, 1.82) is 0 Å². The van der Waals surface area contributed by atoms with Crippen molar-refractivity contribution in [1.82, 2.24) is 9.78 Å². The molecule has 22 heavy (non-hydrogen) atoms. The number of benzene rings is 2. The lowest BCUT2D eigenvalue weighted by atomic mass is 10.1. The molecule has 0 unspecified atom stereocenters. The number of aromatic nitrogens is 2. The Morgan fingerprint density at radius 2 is 1.73 bits per heavy atom. The fourth-order valence-corrected chi connectivity index (χ4v) is 2.11. The van der Waals surface area contributed by atoms with Crippen molar-refractivity contribution in [3.8, 4) is 22.7 Å².